The molecule has 31 heavy (non-hydrogen) atoms. The summed E-state index contributed by atoms with van der Waals surface area (Å²) in [5.41, 5.74) is 8.36. The average Bonchev–Trinajstić information content (AvgIpc) is 2.71. The van der Waals surface area contributed by atoms with Crippen LogP contribution in [0.5, 0.6) is 0 Å². The first kappa shape index (κ1) is 24.1. The number of nitrogens with two attached hydrogens (primary N) is 1. The Morgan fingerprint density at radius 1 is 1.26 bits per heavy atom. The first-order valence-electron chi connectivity index (χ1n) is 10.4. The van der Waals surface area contributed by atoms with Gasteiger partial charge in [-0.1, -0.05) is 25.1 Å². The molecule has 1 aromatic carbocycles. The van der Waals surface area contributed by atoms with E-state index in [9.17, 15) is 9.59 Å². The van der Waals surface area contributed by atoms with E-state index in [2.05, 4.69) is 23.5 Å². The van der Waals surface area contributed by atoms with E-state index in [-0.39, 0.29) is 5.91 Å². The number of carbonyl (C=O) groups excluding carboxylic acids is 2. The van der Waals surface area contributed by atoms with Gasteiger partial charge in [0.05, 0.1) is 5.69 Å². The Labute approximate surface area is 185 Å². The van der Waals surface area contributed by atoms with Crippen molar-refractivity contribution in [1.82, 2.24) is 4.90 Å². The Balaban J connectivity index is 2.19. The van der Waals surface area contributed by atoms with Gasteiger partial charge in [-0.25, -0.2) is 4.99 Å². The summed E-state index contributed by atoms with van der Waals surface area (Å²) in [6.07, 6.45) is 9.27. The third-order valence-corrected chi connectivity index (χ3v) is 5.65. The van der Waals surface area contributed by atoms with Crippen LogP contribution >= 0.6 is 0 Å². The largest absolute Gasteiger partial charge is 0.402 e. The van der Waals surface area contributed by atoms with E-state index in [1.165, 1.54) is 30.4 Å². The fourth-order valence-electron chi connectivity index (χ4n) is 3.22. The number of hydrogen-bond acceptors (Lipinski definition) is 5. The lowest BCUT2D eigenvalue weighted by molar-refractivity contribution is -0.114. The Kier molecular flexibility index (Phi) is 8.75. The summed E-state index contributed by atoms with van der Waals surface area (Å²) in [7, 11) is 3.79. The summed E-state index contributed by atoms with van der Waals surface area (Å²) in [6.45, 7) is 7.90. The number of amidine groups is 1. The molecule has 0 saturated heterocycles. The number of anilines is 2. The summed E-state index contributed by atoms with van der Waals surface area (Å²) in [6, 6.07) is 7.78. The van der Waals surface area contributed by atoms with Crippen LogP contribution in [-0.4, -0.2) is 49.7 Å². The van der Waals surface area contributed by atoms with Gasteiger partial charge in [-0.15, -0.1) is 0 Å². The molecule has 1 fully saturated rings. The summed E-state index contributed by atoms with van der Waals surface area (Å²) in [5, 5.41) is 0. The molecule has 1 saturated carbocycles. The zero-order valence-corrected chi connectivity index (χ0v) is 18.9. The van der Waals surface area contributed by atoms with Crippen LogP contribution in [0.2, 0.25) is 0 Å². The zero-order valence-electron chi connectivity index (χ0n) is 18.9. The zero-order chi connectivity index (χ0) is 23.0. The highest BCUT2D eigenvalue weighted by atomic mass is 16.2. The summed E-state index contributed by atoms with van der Waals surface area (Å²) in [4.78, 5) is 34.0. The maximum Gasteiger partial charge on any atom is 0.250 e. The van der Waals surface area contributed by atoms with E-state index in [1.807, 2.05) is 12.1 Å². The predicted octanol–water partition coefficient (Wildman–Crippen LogP) is 3.45. The van der Waals surface area contributed by atoms with Gasteiger partial charge >= 0.3 is 0 Å². The van der Waals surface area contributed by atoms with Crippen LogP contribution in [0.4, 0.5) is 11.4 Å². The molecule has 0 aromatic heterocycles. The van der Waals surface area contributed by atoms with E-state index < -0.39 is 0 Å². The molecule has 1 aliphatic carbocycles. The number of carbonyl (C=O) groups is 2. The monoisotopic (exact) mass is 423 g/mol. The second-order valence-electron chi connectivity index (χ2n) is 7.76. The van der Waals surface area contributed by atoms with Crippen molar-refractivity contribution in [3.63, 3.8) is 0 Å². The molecule has 0 bridgehead atoms. The third kappa shape index (κ3) is 6.15. The van der Waals surface area contributed by atoms with Crippen molar-refractivity contribution < 1.29 is 9.59 Å². The summed E-state index contributed by atoms with van der Waals surface area (Å²) in [5.74, 6) is 0.251. The van der Waals surface area contributed by atoms with Crippen molar-refractivity contribution in [2.45, 2.75) is 39.2 Å². The van der Waals surface area contributed by atoms with Crippen molar-refractivity contribution in [2.75, 3.05) is 30.4 Å². The van der Waals surface area contributed by atoms with Gasteiger partial charge in [0.25, 0.3) is 0 Å². The van der Waals surface area contributed by atoms with E-state index in [0.29, 0.717) is 40.9 Å². The molecule has 1 aromatic rings. The molecular weight excluding hydrogens is 390 g/mol. The van der Waals surface area contributed by atoms with Gasteiger partial charge in [-0.3, -0.25) is 19.4 Å². The van der Waals surface area contributed by atoms with Crippen LogP contribution in [0, 0.1) is 0 Å². The minimum Gasteiger partial charge on any atom is -0.402 e. The van der Waals surface area contributed by atoms with Crippen LogP contribution in [0.25, 0.3) is 0 Å². The highest BCUT2D eigenvalue weighted by Gasteiger charge is 2.21. The van der Waals surface area contributed by atoms with E-state index in [0.717, 1.165) is 6.54 Å². The lowest BCUT2D eigenvalue weighted by atomic mass is 9.92. The number of aliphatic imine (C=N–C) groups is 1. The van der Waals surface area contributed by atoms with Crippen LogP contribution in [0.3, 0.4) is 0 Å². The van der Waals surface area contributed by atoms with Crippen LogP contribution in [0.1, 0.15) is 33.1 Å². The van der Waals surface area contributed by atoms with E-state index >= 15 is 0 Å². The van der Waals surface area contributed by atoms with Gasteiger partial charge < -0.3 is 10.6 Å². The van der Waals surface area contributed by atoms with Gasteiger partial charge in [0.2, 0.25) is 12.3 Å². The number of hydrogen-bond donors (Lipinski definition) is 1. The summed E-state index contributed by atoms with van der Waals surface area (Å²) >= 11 is 0. The Hall–Kier alpha value is -3.19. The quantitative estimate of drug-likeness (QED) is 0.285. The minimum absolute atomic E-state index is 0.134. The lowest BCUT2D eigenvalue weighted by Gasteiger charge is -2.33. The molecule has 1 aliphatic rings. The molecular formula is C24H33N5O2. The normalized spacial score (nSPS) is 15.5. The van der Waals surface area contributed by atoms with Crippen LogP contribution in [0.15, 0.2) is 65.5 Å². The minimum atomic E-state index is -0.134. The third-order valence-electron chi connectivity index (χ3n) is 5.65. The van der Waals surface area contributed by atoms with Crippen LogP contribution in [-0.2, 0) is 9.59 Å². The van der Waals surface area contributed by atoms with E-state index in [4.69, 9.17) is 5.73 Å². The summed E-state index contributed by atoms with van der Waals surface area (Å²) < 4.78 is 0. The molecule has 2 N–H and O–H groups in total. The molecule has 0 spiro atoms. The molecule has 2 rings (SSSR count). The van der Waals surface area contributed by atoms with Gasteiger partial charge in [-0.2, -0.15) is 0 Å². The fourth-order valence-corrected chi connectivity index (χ4v) is 3.22. The molecule has 0 heterocycles. The van der Waals surface area contributed by atoms with Crippen molar-refractivity contribution in [1.29, 1.82) is 0 Å². The predicted molar refractivity (Wildman–Crippen MR) is 128 cm³/mol. The second kappa shape index (κ2) is 11.3. The standard InChI is InChI=1S/C24H33N5O2/c1-6-26-24(18(2)19(3)25)29(17-30)22-13-8-12-21(16-22)28(5)23(31)14-9-15-27(4)20-10-7-11-20/h6,8-9,12-14,16-17,20H,1,7,10-11,15,25H2,2-5H3/b14-9+,19-18+,26-24?. The molecule has 166 valence electrons. The smallest absolute Gasteiger partial charge is 0.250 e. The molecule has 0 radical (unpaired) electrons. The SMILES string of the molecule is C=CN=C(/C(C)=C(\C)N)N(C=O)c1cccc(N(C)C(=O)/C=C/CN(C)C2CCC2)c1. The maximum atomic E-state index is 12.6. The second-order valence-corrected chi connectivity index (χ2v) is 7.76. The van der Waals surface area contributed by atoms with Crippen molar-refractivity contribution in [2.24, 2.45) is 10.7 Å². The van der Waals surface area contributed by atoms with Crippen LogP contribution < -0.4 is 15.5 Å². The van der Waals surface area contributed by atoms with Crippen molar-refractivity contribution in [3.8, 4) is 0 Å². The number of nitrogens with zero attached hydrogens (tertiary/aromatic N) is 4. The molecule has 0 unspecified atom stereocenters. The number of rotatable bonds is 9. The topological polar surface area (TPSA) is 82.2 Å². The first-order chi connectivity index (χ1) is 14.8. The number of allylic oxidation sites excluding steroid dienone is 1. The molecule has 0 aliphatic heterocycles. The van der Waals surface area contributed by atoms with Gasteiger partial charge in [-0.05, 0) is 51.9 Å². The average molecular weight is 424 g/mol. The lowest BCUT2D eigenvalue weighted by Crippen LogP contribution is -2.37. The Bertz CT molecular complexity index is 895. The van der Waals surface area contributed by atoms with Crippen molar-refractivity contribution >= 4 is 29.5 Å². The van der Waals surface area contributed by atoms with Gasteiger partial charge in [0, 0.05) is 48.9 Å². The van der Waals surface area contributed by atoms with Gasteiger partial charge in [0.1, 0.15) is 5.84 Å². The first-order valence-corrected chi connectivity index (χ1v) is 10.4. The highest BCUT2D eigenvalue weighted by Crippen LogP contribution is 2.24. The number of benzene rings is 1. The molecule has 7 nitrogen and oxygen atoms in total. The fraction of sp³-hybridized carbons (Fsp3) is 0.375. The highest BCUT2D eigenvalue weighted by molar-refractivity contribution is 6.18. The van der Waals surface area contributed by atoms with E-state index in [1.54, 1.807) is 50.1 Å². The molecule has 7 heteroatoms. The number of amides is 2. The van der Waals surface area contributed by atoms with Crippen molar-refractivity contribution in [3.05, 3.63) is 60.5 Å². The molecule has 0 atom stereocenters. The van der Waals surface area contributed by atoms with Gasteiger partial charge in [0.15, 0.2) is 0 Å². The number of likely N-dealkylation sites (N-methyl/N-ethyl adjacent to an activating group) is 2. The Morgan fingerprint density at radius 2 is 1.94 bits per heavy atom. The maximum absolute atomic E-state index is 12.6. The Morgan fingerprint density at radius 3 is 2.48 bits per heavy atom. The molecule has 2 amide bonds.